The van der Waals surface area contributed by atoms with Gasteiger partial charge in [0.15, 0.2) is 10.1 Å². The molecule has 0 saturated carbocycles. The van der Waals surface area contributed by atoms with Crippen molar-refractivity contribution in [2.75, 3.05) is 13.1 Å². The van der Waals surface area contributed by atoms with Crippen molar-refractivity contribution in [2.45, 2.75) is 10.9 Å². The molecule has 1 fully saturated rings. The van der Waals surface area contributed by atoms with Crippen molar-refractivity contribution in [2.24, 2.45) is 0 Å². The zero-order valence-electron chi connectivity index (χ0n) is 12.9. The molecule has 0 bridgehead atoms. The minimum absolute atomic E-state index is 0.00446. The SMILES string of the molecule is O=S(=O)(c1c(Cl)nc2sccn12)n1ccc2cc(C3CNC3)ccc21. The Kier molecular flexibility index (Phi) is 3.27. The largest absolute Gasteiger partial charge is 0.315 e. The number of fused-ring (bicyclic) bond motifs is 2. The van der Waals surface area contributed by atoms with Crippen LogP contribution in [0.5, 0.6) is 0 Å². The van der Waals surface area contributed by atoms with Crippen molar-refractivity contribution in [3.8, 4) is 0 Å². The smallest absolute Gasteiger partial charge is 0.287 e. The van der Waals surface area contributed by atoms with E-state index in [4.69, 9.17) is 11.6 Å². The van der Waals surface area contributed by atoms with E-state index < -0.39 is 10.0 Å². The van der Waals surface area contributed by atoms with Crippen LogP contribution in [0.15, 0.2) is 47.1 Å². The predicted octanol–water partition coefficient (Wildman–Crippen LogP) is 2.93. The fourth-order valence-corrected chi connectivity index (χ4v) is 5.96. The van der Waals surface area contributed by atoms with E-state index >= 15 is 0 Å². The molecule has 0 spiro atoms. The van der Waals surface area contributed by atoms with Gasteiger partial charge in [-0.2, -0.15) is 8.42 Å². The Balaban J connectivity index is 1.69. The normalized spacial score (nSPS) is 15.9. The first-order valence-electron chi connectivity index (χ1n) is 7.74. The lowest BCUT2D eigenvalue weighted by atomic mass is 9.93. The summed E-state index contributed by atoms with van der Waals surface area (Å²) in [6, 6.07) is 7.74. The third-order valence-electron chi connectivity index (χ3n) is 4.61. The third kappa shape index (κ3) is 2.18. The Morgan fingerprint density at radius 2 is 2.08 bits per heavy atom. The highest BCUT2D eigenvalue weighted by Crippen LogP contribution is 2.31. The van der Waals surface area contributed by atoms with Crippen LogP contribution in [0.1, 0.15) is 11.5 Å². The highest BCUT2D eigenvalue weighted by atomic mass is 35.5. The van der Waals surface area contributed by atoms with Crippen LogP contribution in [0.3, 0.4) is 0 Å². The number of imidazole rings is 1. The molecule has 4 aromatic rings. The molecule has 128 valence electrons. The summed E-state index contributed by atoms with van der Waals surface area (Å²) in [5, 5.41) is 5.92. The molecule has 0 atom stereocenters. The summed E-state index contributed by atoms with van der Waals surface area (Å²) >= 11 is 7.47. The van der Waals surface area contributed by atoms with Crippen molar-refractivity contribution in [3.05, 3.63) is 52.8 Å². The molecule has 9 heteroatoms. The Hall–Kier alpha value is -1.87. The van der Waals surface area contributed by atoms with Gasteiger partial charge in [0.2, 0.25) is 5.03 Å². The first-order valence-corrected chi connectivity index (χ1v) is 10.4. The van der Waals surface area contributed by atoms with Crippen LogP contribution in [-0.4, -0.2) is 34.9 Å². The molecule has 4 heterocycles. The zero-order valence-corrected chi connectivity index (χ0v) is 15.3. The molecule has 1 saturated heterocycles. The number of nitrogens with zero attached hydrogens (tertiary/aromatic N) is 3. The monoisotopic (exact) mass is 392 g/mol. The summed E-state index contributed by atoms with van der Waals surface area (Å²) in [4.78, 5) is 4.69. The zero-order chi connectivity index (χ0) is 17.2. The number of halogens is 1. The van der Waals surface area contributed by atoms with Crippen LogP contribution in [0.25, 0.3) is 15.9 Å². The van der Waals surface area contributed by atoms with Gasteiger partial charge >= 0.3 is 0 Å². The quantitative estimate of drug-likeness (QED) is 0.582. The van der Waals surface area contributed by atoms with Crippen LogP contribution in [0.2, 0.25) is 5.15 Å². The van der Waals surface area contributed by atoms with E-state index in [9.17, 15) is 8.42 Å². The summed E-state index contributed by atoms with van der Waals surface area (Å²) in [6.45, 7) is 1.93. The average molecular weight is 393 g/mol. The van der Waals surface area contributed by atoms with Crippen LogP contribution in [0, 0.1) is 0 Å². The summed E-state index contributed by atoms with van der Waals surface area (Å²) in [5.74, 6) is 0.499. The van der Waals surface area contributed by atoms with Crippen LogP contribution < -0.4 is 5.32 Å². The molecule has 1 aliphatic heterocycles. The number of rotatable bonds is 3. The second-order valence-electron chi connectivity index (χ2n) is 6.05. The van der Waals surface area contributed by atoms with Gasteiger partial charge in [-0.15, -0.1) is 11.3 Å². The van der Waals surface area contributed by atoms with Gasteiger partial charge in [0, 0.05) is 42.2 Å². The van der Waals surface area contributed by atoms with Crippen molar-refractivity contribution in [3.63, 3.8) is 0 Å². The van der Waals surface area contributed by atoms with E-state index in [1.165, 1.54) is 25.3 Å². The van der Waals surface area contributed by atoms with E-state index in [0.717, 1.165) is 18.5 Å². The lowest BCUT2D eigenvalue weighted by molar-refractivity contribution is 0.449. The van der Waals surface area contributed by atoms with Crippen LogP contribution >= 0.6 is 22.9 Å². The average Bonchev–Trinajstić information content (AvgIpc) is 3.18. The Morgan fingerprint density at radius 1 is 1.24 bits per heavy atom. The first kappa shape index (κ1) is 15.4. The maximum atomic E-state index is 13.2. The molecule has 1 aromatic carbocycles. The molecule has 6 nitrogen and oxygen atoms in total. The maximum absolute atomic E-state index is 13.2. The van der Waals surface area contributed by atoms with Crippen molar-refractivity contribution in [1.29, 1.82) is 0 Å². The molecule has 25 heavy (non-hydrogen) atoms. The van der Waals surface area contributed by atoms with E-state index in [2.05, 4.69) is 16.4 Å². The lowest BCUT2D eigenvalue weighted by Gasteiger charge is -2.27. The molecular weight excluding hydrogens is 380 g/mol. The molecule has 0 amide bonds. The lowest BCUT2D eigenvalue weighted by Crippen LogP contribution is -2.39. The summed E-state index contributed by atoms with van der Waals surface area (Å²) in [7, 11) is -3.85. The van der Waals surface area contributed by atoms with E-state index in [1.807, 2.05) is 18.2 Å². The standard InChI is InChI=1S/C16H13ClN4O2S2/c17-14-15(20-5-6-24-16(20)19-14)25(22,23)21-4-3-11-7-10(1-2-13(11)21)12-8-18-9-12/h1-7,12,18H,8-9H2. The molecule has 1 N–H and O–H groups in total. The van der Waals surface area contributed by atoms with E-state index in [-0.39, 0.29) is 10.2 Å². The van der Waals surface area contributed by atoms with Gasteiger partial charge in [-0.25, -0.2) is 8.96 Å². The van der Waals surface area contributed by atoms with Crippen molar-refractivity contribution < 1.29 is 8.42 Å². The Bertz CT molecular complexity index is 1220. The predicted molar refractivity (Wildman–Crippen MR) is 98.2 cm³/mol. The van der Waals surface area contributed by atoms with Gasteiger partial charge in [0.1, 0.15) is 0 Å². The second kappa shape index (κ2) is 5.31. The molecule has 1 aliphatic rings. The molecule has 0 radical (unpaired) electrons. The summed E-state index contributed by atoms with van der Waals surface area (Å²) < 4.78 is 29.2. The first-order chi connectivity index (χ1) is 12.1. The Morgan fingerprint density at radius 3 is 2.84 bits per heavy atom. The molecule has 0 unspecified atom stereocenters. The molecule has 5 rings (SSSR count). The highest BCUT2D eigenvalue weighted by molar-refractivity contribution is 7.90. The maximum Gasteiger partial charge on any atom is 0.287 e. The minimum atomic E-state index is -3.85. The number of hydrogen-bond donors (Lipinski definition) is 1. The summed E-state index contributed by atoms with van der Waals surface area (Å²) in [5.41, 5.74) is 1.86. The van der Waals surface area contributed by atoms with Crippen molar-refractivity contribution >= 4 is 48.8 Å². The van der Waals surface area contributed by atoms with Crippen LogP contribution in [0.4, 0.5) is 0 Å². The van der Waals surface area contributed by atoms with Gasteiger partial charge in [-0.3, -0.25) is 4.40 Å². The molecule has 3 aromatic heterocycles. The minimum Gasteiger partial charge on any atom is -0.315 e. The fourth-order valence-electron chi connectivity index (χ4n) is 3.19. The Labute approximate surface area is 152 Å². The second-order valence-corrected chi connectivity index (χ2v) is 9.01. The highest BCUT2D eigenvalue weighted by Gasteiger charge is 2.28. The number of benzene rings is 1. The topological polar surface area (TPSA) is 68.4 Å². The van der Waals surface area contributed by atoms with E-state index in [1.54, 1.807) is 17.8 Å². The van der Waals surface area contributed by atoms with E-state index in [0.29, 0.717) is 16.4 Å². The van der Waals surface area contributed by atoms with Gasteiger partial charge in [-0.05, 0) is 23.8 Å². The third-order valence-corrected chi connectivity index (χ3v) is 7.46. The van der Waals surface area contributed by atoms with Crippen molar-refractivity contribution in [1.82, 2.24) is 18.7 Å². The van der Waals surface area contributed by atoms with Gasteiger partial charge in [0.05, 0.1) is 5.52 Å². The molecular formula is C16H13ClN4O2S2. The number of aromatic nitrogens is 3. The van der Waals surface area contributed by atoms with Gasteiger partial charge in [0.25, 0.3) is 10.0 Å². The number of thiazole rings is 1. The van der Waals surface area contributed by atoms with Gasteiger partial charge < -0.3 is 5.32 Å². The number of hydrogen-bond acceptors (Lipinski definition) is 5. The number of nitrogens with one attached hydrogen (secondary N) is 1. The fraction of sp³-hybridized carbons (Fsp3) is 0.188. The van der Waals surface area contributed by atoms with Gasteiger partial charge in [-0.1, -0.05) is 17.7 Å². The molecule has 0 aliphatic carbocycles. The van der Waals surface area contributed by atoms with Crippen LogP contribution in [-0.2, 0) is 10.0 Å². The summed E-state index contributed by atoms with van der Waals surface area (Å²) in [6.07, 6.45) is 3.24.